The van der Waals surface area contributed by atoms with Crippen molar-refractivity contribution >= 4 is 0 Å². The van der Waals surface area contributed by atoms with Crippen molar-refractivity contribution < 1.29 is 9.47 Å². The number of ether oxygens (including phenoxy) is 2. The Morgan fingerprint density at radius 2 is 2.04 bits per heavy atom. The van der Waals surface area contributed by atoms with E-state index in [1.165, 1.54) is 25.0 Å². The summed E-state index contributed by atoms with van der Waals surface area (Å²) < 4.78 is 12.8. The fourth-order valence-electron chi connectivity index (χ4n) is 2.88. The van der Waals surface area contributed by atoms with E-state index >= 15 is 0 Å². The van der Waals surface area contributed by atoms with Gasteiger partial charge in [-0.25, -0.2) is 0 Å². The number of hydrogen-bond acceptors (Lipinski definition) is 5. The van der Waals surface area contributed by atoms with E-state index in [1.54, 1.807) is 26.5 Å². The summed E-state index contributed by atoms with van der Waals surface area (Å²) in [6.07, 6.45) is 7.63. The largest absolute Gasteiger partial charge is 0.493 e. The van der Waals surface area contributed by atoms with Gasteiger partial charge in [0.15, 0.2) is 11.5 Å². The minimum Gasteiger partial charge on any atom is -0.493 e. The fourth-order valence-corrected chi connectivity index (χ4v) is 2.88. The highest BCUT2D eigenvalue weighted by molar-refractivity contribution is 5.42. The molecule has 6 heteroatoms. The van der Waals surface area contributed by atoms with E-state index < -0.39 is 0 Å². The van der Waals surface area contributed by atoms with Crippen LogP contribution in [0.5, 0.6) is 11.5 Å². The van der Waals surface area contributed by atoms with E-state index in [2.05, 4.69) is 26.1 Å². The third-order valence-corrected chi connectivity index (χ3v) is 4.43. The third kappa shape index (κ3) is 3.64. The minimum absolute atomic E-state index is 0.620. The Hall–Kier alpha value is -2.08. The molecule has 1 N–H and O–H groups in total. The number of pyridine rings is 1. The van der Waals surface area contributed by atoms with Crippen molar-refractivity contribution in [2.75, 3.05) is 14.2 Å². The molecular weight excluding hydrogens is 292 g/mol. The summed E-state index contributed by atoms with van der Waals surface area (Å²) in [4.78, 5) is 4.38. The van der Waals surface area contributed by atoms with Crippen LogP contribution < -0.4 is 14.8 Å². The lowest BCUT2D eigenvalue weighted by atomic mass is 9.85. The first-order chi connectivity index (χ1) is 11.3. The molecule has 23 heavy (non-hydrogen) atoms. The topological polar surface area (TPSA) is 61.2 Å². The van der Waals surface area contributed by atoms with Crippen LogP contribution in [0, 0.1) is 5.92 Å². The summed E-state index contributed by atoms with van der Waals surface area (Å²) in [5.74, 6) is 2.19. The van der Waals surface area contributed by atoms with Gasteiger partial charge in [0.05, 0.1) is 25.6 Å². The summed E-state index contributed by atoms with van der Waals surface area (Å²) in [6, 6.07) is 3.87. The molecule has 6 nitrogen and oxygen atoms in total. The maximum atomic E-state index is 5.41. The molecule has 0 saturated heterocycles. The van der Waals surface area contributed by atoms with Crippen LogP contribution in [0.3, 0.4) is 0 Å². The molecule has 0 bridgehead atoms. The highest BCUT2D eigenvalue weighted by atomic mass is 16.5. The standard InChI is InChI=1S/C17H24N4O2/c1-22-16-7-8-19-15(17(16)23-2)11-18-10-14-6-9-20-21(14)12-13-4-3-5-13/h6-9,13,18H,3-5,10-12H2,1-2H3. The maximum Gasteiger partial charge on any atom is 0.183 e. The molecule has 1 fully saturated rings. The number of hydrogen-bond donors (Lipinski definition) is 1. The van der Waals surface area contributed by atoms with Crippen molar-refractivity contribution in [1.29, 1.82) is 0 Å². The lowest BCUT2D eigenvalue weighted by molar-refractivity contribution is 0.262. The second-order valence-electron chi connectivity index (χ2n) is 5.90. The Bertz CT molecular complexity index is 637. The third-order valence-electron chi connectivity index (χ3n) is 4.43. The quantitative estimate of drug-likeness (QED) is 0.810. The molecular formula is C17H24N4O2. The number of nitrogens with zero attached hydrogens (tertiary/aromatic N) is 3. The summed E-state index contributed by atoms with van der Waals surface area (Å²) in [5.41, 5.74) is 2.05. The predicted octanol–water partition coefficient (Wildman–Crippen LogP) is 2.39. The zero-order chi connectivity index (χ0) is 16.1. The molecule has 0 spiro atoms. The summed E-state index contributed by atoms with van der Waals surface area (Å²) in [5, 5.41) is 7.86. The van der Waals surface area contributed by atoms with Gasteiger partial charge in [-0.3, -0.25) is 9.67 Å². The van der Waals surface area contributed by atoms with E-state index in [-0.39, 0.29) is 0 Å². The van der Waals surface area contributed by atoms with E-state index in [0.29, 0.717) is 18.0 Å². The molecule has 2 heterocycles. The van der Waals surface area contributed by atoms with Gasteiger partial charge in [-0.15, -0.1) is 0 Å². The monoisotopic (exact) mass is 316 g/mol. The Labute approximate surface area is 136 Å². The van der Waals surface area contributed by atoms with Crippen molar-refractivity contribution in [3.05, 3.63) is 35.9 Å². The average Bonchev–Trinajstić information content (AvgIpc) is 2.98. The van der Waals surface area contributed by atoms with Crippen LogP contribution in [0.2, 0.25) is 0 Å². The Balaban J connectivity index is 1.58. The van der Waals surface area contributed by atoms with E-state index in [4.69, 9.17) is 9.47 Å². The van der Waals surface area contributed by atoms with Gasteiger partial charge in [0.2, 0.25) is 0 Å². The average molecular weight is 316 g/mol. The molecule has 1 aliphatic carbocycles. The number of aromatic nitrogens is 3. The normalized spacial score (nSPS) is 14.5. The first-order valence-electron chi connectivity index (χ1n) is 8.09. The van der Waals surface area contributed by atoms with Crippen LogP contribution in [0.25, 0.3) is 0 Å². The van der Waals surface area contributed by atoms with Gasteiger partial charge >= 0.3 is 0 Å². The predicted molar refractivity (Wildman–Crippen MR) is 87.5 cm³/mol. The Morgan fingerprint density at radius 1 is 1.17 bits per heavy atom. The van der Waals surface area contributed by atoms with Gasteiger partial charge < -0.3 is 14.8 Å². The SMILES string of the molecule is COc1ccnc(CNCc2ccnn2CC2CCC2)c1OC. The molecule has 124 valence electrons. The minimum atomic E-state index is 0.620. The second-order valence-corrected chi connectivity index (χ2v) is 5.90. The first kappa shape index (κ1) is 15.8. The molecule has 3 rings (SSSR count). The zero-order valence-electron chi connectivity index (χ0n) is 13.8. The van der Waals surface area contributed by atoms with Gasteiger partial charge in [0.25, 0.3) is 0 Å². The highest BCUT2D eigenvalue weighted by Crippen LogP contribution is 2.29. The van der Waals surface area contributed by atoms with Gasteiger partial charge in [0, 0.05) is 38.1 Å². The lowest BCUT2D eigenvalue weighted by Gasteiger charge is -2.25. The van der Waals surface area contributed by atoms with Crippen LogP contribution >= 0.6 is 0 Å². The molecule has 2 aromatic heterocycles. The molecule has 1 aliphatic rings. The second kappa shape index (κ2) is 7.46. The molecule has 0 amide bonds. The van der Waals surface area contributed by atoms with Gasteiger partial charge in [0.1, 0.15) is 0 Å². The van der Waals surface area contributed by atoms with Crippen molar-refractivity contribution in [2.45, 2.75) is 38.9 Å². The zero-order valence-corrected chi connectivity index (χ0v) is 13.8. The first-order valence-corrected chi connectivity index (χ1v) is 8.09. The summed E-state index contributed by atoms with van der Waals surface area (Å²) in [6.45, 7) is 2.41. The van der Waals surface area contributed by atoms with Crippen molar-refractivity contribution in [2.24, 2.45) is 5.92 Å². The molecule has 1 saturated carbocycles. The van der Waals surface area contributed by atoms with Crippen LogP contribution in [0.15, 0.2) is 24.5 Å². The van der Waals surface area contributed by atoms with Crippen LogP contribution in [-0.4, -0.2) is 29.0 Å². The van der Waals surface area contributed by atoms with Gasteiger partial charge in [-0.05, 0) is 24.8 Å². The van der Waals surface area contributed by atoms with Crippen molar-refractivity contribution in [1.82, 2.24) is 20.1 Å². The van der Waals surface area contributed by atoms with E-state index in [0.717, 1.165) is 24.7 Å². The van der Waals surface area contributed by atoms with E-state index in [1.807, 2.05) is 6.20 Å². The number of nitrogens with one attached hydrogen (secondary N) is 1. The Kier molecular flexibility index (Phi) is 5.12. The van der Waals surface area contributed by atoms with Crippen molar-refractivity contribution in [3.8, 4) is 11.5 Å². The molecule has 0 aliphatic heterocycles. The Morgan fingerprint density at radius 3 is 2.74 bits per heavy atom. The molecule has 0 atom stereocenters. The molecule has 0 radical (unpaired) electrons. The molecule has 2 aromatic rings. The summed E-state index contributed by atoms with van der Waals surface area (Å²) >= 11 is 0. The van der Waals surface area contributed by atoms with Crippen LogP contribution in [0.1, 0.15) is 30.7 Å². The summed E-state index contributed by atoms with van der Waals surface area (Å²) in [7, 11) is 3.27. The lowest BCUT2D eigenvalue weighted by Crippen LogP contribution is -2.22. The smallest absolute Gasteiger partial charge is 0.183 e. The van der Waals surface area contributed by atoms with Gasteiger partial charge in [-0.1, -0.05) is 6.42 Å². The van der Waals surface area contributed by atoms with Crippen LogP contribution in [-0.2, 0) is 19.6 Å². The fraction of sp³-hybridized carbons (Fsp3) is 0.529. The van der Waals surface area contributed by atoms with E-state index in [9.17, 15) is 0 Å². The highest BCUT2D eigenvalue weighted by Gasteiger charge is 2.19. The number of methoxy groups -OCH3 is 2. The molecule has 0 aromatic carbocycles. The van der Waals surface area contributed by atoms with Gasteiger partial charge in [-0.2, -0.15) is 5.10 Å². The van der Waals surface area contributed by atoms with Crippen LogP contribution in [0.4, 0.5) is 0 Å². The maximum absolute atomic E-state index is 5.41. The van der Waals surface area contributed by atoms with Crippen molar-refractivity contribution in [3.63, 3.8) is 0 Å². The number of rotatable bonds is 8. The molecule has 0 unspecified atom stereocenters.